The van der Waals surface area contributed by atoms with Crippen LogP contribution in [0.3, 0.4) is 0 Å². The van der Waals surface area contributed by atoms with Crippen molar-refractivity contribution in [1.82, 2.24) is 9.80 Å². The Kier molecular flexibility index (Phi) is 5.94. The molecule has 1 aliphatic heterocycles. The molecular formula is C14H29BrN2. The summed E-state index contributed by atoms with van der Waals surface area (Å²) < 4.78 is 0. The lowest BCUT2D eigenvalue weighted by Gasteiger charge is -2.36. The highest BCUT2D eigenvalue weighted by Crippen LogP contribution is 2.29. The van der Waals surface area contributed by atoms with Crippen LogP contribution in [0.4, 0.5) is 0 Å². The van der Waals surface area contributed by atoms with E-state index >= 15 is 0 Å². The van der Waals surface area contributed by atoms with Gasteiger partial charge in [0.1, 0.15) is 0 Å². The summed E-state index contributed by atoms with van der Waals surface area (Å²) in [5.74, 6) is 0.730. The van der Waals surface area contributed by atoms with Crippen LogP contribution in [0, 0.1) is 11.3 Å². The minimum absolute atomic E-state index is 0.390. The van der Waals surface area contributed by atoms with Gasteiger partial charge in [0.25, 0.3) is 0 Å². The fourth-order valence-electron chi connectivity index (χ4n) is 2.53. The van der Waals surface area contributed by atoms with Gasteiger partial charge in [-0.05, 0) is 44.8 Å². The van der Waals surface area contributed by atoms with Crippen LogP contribution in [0.2, 0.25) is 0 Å². The van der Waals surface area contributed by atoms with Crippen LogP contribution in [0.25, 0.3) is 0 Å². The molecule has 0 radical (unpaired) electrons. The summed E-state index contributed by atoms with van der Waals surface area (Å²) in [6.07, 6.45) is 1.31. The molecule has 1 rings (SSSR count). The maximum Gasteiger partial charge on any atom is 0.0194 e. The van der Waals surface area contributed by atoms with E-state index in [0.717, 1.165) is 11.2 Å². The molecule has 0 spiro atoms. The normalized spacial score (nSPS) is 26.8. The third kappa shape index (κ3) is 4.88. The smallest absolute Gasteiger partial charge is 0.0194 e. The lowest BCUT2D eigenvalue weighted by molar-refractivity contribution is 0.132. The first-order valence-corrected chi connectivity index (χ1v) is 7.95. The van der Waals surface area contributed by atoms with Gasteiger partial charge in [-0.25, -0.2) is 0 Å². The molecule has 0 aromatic heterocycles. The monoisotopic (exact) mass is 304 g/mol. The lowest BCUT2D eigenvalue weighted by Crippen LogP contribution is -2.43. The van der Waals surface area contributed by atoms with Gasteiger partial charge in [0.2, 0.25) is 0 Å². The molecule has 0 N–H and O–H groups in total. The lowest BCUT2D eigenvalue weighted by atomic mass is 9.81. The van der Waals surface area contributed by atoms with Crippen LogP contribution >= 0.6 is 15.9 Å². The van der Waals surface area contributed by atoms with Crippen LogP contribution < -0.4 is 0 Å². The molecule has 2 unspecified atom stereocenters. The molecule has 2 atom stereocenters. The van der Waals surface area contributed by atoms with Gasteiger partial charge in [0.15, 0.2) is 0 Å². The average molecular weight is 305 g/mol. The molecule has 17 heavy (non-hydrogen) atoms. The topological polar surface area (TPSA) is 6.48 Å². The molecule has 0 saturated carbocycles. The van der Waals surface area contributed by atoms with E-state index in [4.69, 9.17) is 0 Å². The van der Waals surface area contributed by atoms with Gasteiger partial charge in [-0.3, -0.25) is 4.90 Å². The summed E-state index contributed by atoms with van der Waals surface area (Å²) in [7, 11) is 2.24. The fraction of sp³-hybridized carbons (Fsp3) is 1.00. The molecule has 0 aromatic carbocycles. The number of halogens is 1. The molecule has 0 aromatic rings. The molecule has 0 aliphatic carbocycles. The van der Waals surface area contributed by atoms with Crippen LogP contribution in [-0.4, -0.2) is 54.4 Å². The summed E-state index contributed by atoms with van der Waals surface area (Å²) in [6, 6.07) is 0.686. The average Bonchev–Trinajstić information content (AvgIpc) is 2.34. The Morgan fingerprint density at radius 1 is 1.29 bits per heavy atom. The van der Waals surface area contributed by atoms with Gasteiger partial charge in [-0.15, -0.1) is 0 Å². The molecule has 0 amide bonds. The number of hydrogen-bond donors (Lipinski definition) is 0. The van der Waals surface area contributed by atoms with Gasteiger partial charge in [-0.2, -0.15) is 0 Å². The van der Waals surface area contributed by atoms with Crippen molar-refractivity contribution < 1.29 is 0 Å². The summed E-state index contributed by atoms with van der Waals surface area (Å²) in [5.41, 5.74) is 0.390. The van der Waals surface area contributed by atoms with E-state index in [1.807, 2.05) is 0 Å². The summed E-state index contributed by atoms with van der Waals surface area (Å²) >= 11 is 3.69. The predicted molar refractivity (Wildman–Crippen MR) is 79.9 cm³/mol. The second-order valence-corrected chi connectivity index (χ2v) is 7.32. The number of nitrogens with zero attached hydrogens (tertiary/aromatic N) is 2. The third-order valence-corrected chi connectivity index (χ3v) is 4.83. The van der Waals surface area contributed by atoms with Crippen molar-refractivity contribution in [3.05, 3.63) is 0 Å². The molecule has 1 aliphatic rings. The van der Waals surface area contributed by atoms with Crippen LogP contribution in [0.5, 0.6) is 0 Å². The quantitative estimate of drug-likeness (QED) is 0.739. The molecule has 102 valence electrons. The maximum atomic E-state index is 3.69. The van der Waals surface area contributed by atoms with Crippen molar-refractivity contribution in [2.75, 3.05) is 38.6 Å². The second kappa shape index (κ2) is 6.53. The minimum atomic E-state index is 0.390. The van der Waals surface area contributed by atoms with Crippen molar-refractivity contribution in [2.24, 2.45) is 11.3 Å². The Hall–Kier alpha value is 0.400. The minimum Gasteiger partial charge on any atom is -0.305 e. The van der Waals surface area contributed by atoms with Gasteiger partial charge in [0, 0.05) is 24.5 Å². The highest BCUT2D eigenvalue weighted by Gasteiger charge is 2.28. The summed E-state index contributed by atoms with van der Waals surface area (Å²) in [6.45, 7) is 14.4. The largest absolute Gasteiger partial charge is 0.305 e. The first-order valence-electron chi connectivity index (χ1n) is 6.83. The van der Waals surface area contributed by atoms with Crippen molar-refractivity contribution in [3.8, 4) is 0 Å². The molecule has 3 heteroatoms. The molecule has 1 fully saturated rings. The first kappa shape index (κ1) is 15.5. The molecule has 1 heterocycles. The van der Waals surface area contributed by atoms with Gasteiger partial charge >= 0.3 is 0 Å². The SMILES string of the molecule is CC1CN(C)CCCN1CC(CBr)C(C)(C)C. The number of alkyl halides is 1. The highest BCUT2D eigenvalue weighted by molar-refractivity contribution is 9.09. The van der Waals surface area contributed by atoms with Crippen molar-refractivity contribution in [3.63, 3.8) is 0 Å². The number of rotatable bonds is 3. The maximum absolute atomic E-state index is 3.69. The van der Waals surface area contributed by atoms with E-state index in [1.54, 1.807) is 0 Å². The number of hydrogen-bond acceptors (Lipinski definition) is 2. The standard InChI is InChI=1S/C14H29BrN2/c1-12-10-16(5)7-6-8-17(12)11-13(9-15)14(2,3)4/h12-13H,6-11H2,1-5H3. The zero-order chi connectivity index (χ0) is 13.1. The second-order valence-electron chi connectivity index (χ2n) is 6.68. The molecule has 1 saturated heterocycles. The van der Waals surface area contributed by atoms with E-state index in [9.17, 15) is 0 Å². The number of likely N-dealkylation sites (N-methyl/N-ethyl adjacent to an activating group) is 1. The molecular weight excluding hydrogens is 276 g/mol. The van der Waals surface area contributed by atoms with Gasteiger partial charge in [-0.1, -0.05) is 36.7 Å². The zero-order valence-electron chi connectivity index (χ0n) is 12.2. The molecule has 2 nitrogen and oxygen atoms in total. The Labute approximate surface area is 116 Å². The van der Waals surface area contributed by atoms with E-state index in [1.165, 1.54) is 32.6 Å². The zero-order valence-corrected chi connectivity index (χ0v) is 13.8. The highest BCUT2D eigenvalue weighted by atomic mass is 79.9. The first-order chi connectivity index (χ1) is 7.84. The van der Waals surface area contributed by atoms with Crippen LogP contribution in [-0.2, 0) is 0 Å². The van der Waals surface area contributed by atoms with E-state index in [2.05, 4.69) is 60.5 Å². The van der Waals surface area contributed by atoms with Crippen molar-refractivity contribution in [1.29, 1.82) is 0 Å². The fourth-order valence-corrected chi connectivity index (χ4v) is 3.71. The Balaban J connectivity index is 2.59. The third-order valence-electron chi connectivity index (χ3n) is 4.05. The van der Waals surface area contributed by atoms with Crippen molar-refractivity contribution >= 4 is 15.9 Å². The van der Waals surface area contributed by atoms with E-state index in [-0.39, 0.29) is 0 Å². The van der Waals surface area contributed by atoms with Gasteiger partial charge < -0.3 is 4.90 Å². The summed E-state index contributed by atoms with van der Waals surface area (Å²) in [5, 5.41) is 1.11. The Morgan fingerprint density at radius 2 is 1.94 bits per heavy atom. The molecule has 0 bridgehead atoms. The van der Waals surface area contributed by atoms with Crippen LogP contribution in [0.1, 0.15) is 34.1 Å². The van der Waals surface area contributed by atoms with Crippen LogP contribution in [0.15, 0.2) is 0 Å². The van der Waals surface area contributed by atoms with E-state index in [0.29, 0.717) is 11.5 Å². The van der Waals surface area contributed by atoms with Gasteiger partial charge in [0.05, 0.1) is 0 Å². The predicted octanol–water partition coefficient (Wildman–Crippen LogP) is 3.07. The summed E-state index contributed by atoms with van der Waals surface area (Å²) in [4.78, 5) is 5.14. The Morgan fingerprint density at radius 3 is 2.47 bits per heavy atom. The Bertz CT molecular complexity index is 225. The van der Waals surface area contributed by atoms with E-state index < -0.39 is 0 Å². The van der Waals surface area contributed by atoms with Crippen molar-refractivity contribution in [2.45, 2.75) is 40.2 Å².